The minimum atomic E-state index is 0.209. The molecule has 0 atom stereocenters. The number of carbonyl (C=O) groups excluding carboxylic acids is 1. The predicted molar refractivity (Wildman–Crippen MR) is 84.6 cm³/mol. The molecule has 0 aliphatic carbocycles. The van der Waals surface area contributed by atoms with Crippen molar-refractivity contribution in [2.24, 2.45) is 0 Å². The number of ketones is 1. The zero-order valence-electron chi connectivity index (χ0n) is 13.0. The molecule has 0 aliphatic rings. The lowest BCUT2D eigenvalue weighted by Gasteiger charge is -2.12. The molecule has 0 amide bonds. The monoisotopic (exact) mass is 266 g/mol. The molecule has 1 heteroatoms. The van der Waals surface area contributed by atoms with Crippen molar-refractivity contribution < 1.29 is 4.79 Å². The van der Waals surface area contributed by atoms with Gasteiger partial charge in [0.1, 0.15) is 0 Å². The summed E-state index contributed by atoms with van der Waals surface area (Å²) in [5, 5.41) is 0. The Morgan fingerprint density at radius 2 is 1.50 bits per heavy atom. The number of carbonyl (C=O) groups is 1. The van der Waals surface area contributed by atoms with Crippen LogP contribution in [-0.4, -0.2) is 5.78 Å². The van der Waals surface area contributed by atoms with E-state index in [0.29, 0.717) is 6.42 Å². The predicted octanol–water partition coefficient (Wildman–Crippen LogP) is 4.65. The van der Waals surface area contributed by atoms with Gasteiger partial charge in [0.2, 0.25) is 0 Å². The minimum absolute atomic E-state index is 0.209. The van der Waals surface area contributed by atoms with Crippen LogP contribution >= 0.6 is 0 Å². The fraction of sp³-hybridized carbons (Fsp3) is 0.316. The van der Waals surface area contributed by atoms with Gasteiger partial charge in [-0.15, -0.1) is 0 Å². The van der Waals surface area contributed by atoms with Crippen LogP contribution in [0.15, 0.2) is 30.3 Å². The van der Waals surface area contributed by atoms with Gasteiger partial charge >= 0.3 is 0 Å². The maximum absolute atomic E-state index is 12.6. The maximum Gasteiger partial charge on any atom is 0.167 e. The molecule has 0 bridgehead atoms. The van der Waals surface area contributed by atoms with E-state index >= 15 is 0 Å². The second-order valence-corrected chi connectivity index (χ2v) is 5.72. The van der Waals surface area contributed by atoms with Gasteiger partial charge in [0.15, 0.2) is 5.78 Å². The zero-order valence-corrected chi connectivity index (χ0v) is 13.0. The molecule has 0 heterocycles. The number of rotatable bonds is 3. The van der Waals surface area contributed by atoms with Gasteiger partial charge < -0.3 is 0 Å². The van der Waals surface area contributed by atoms with E-state index in [1.54, 1.807) is 0 Å². The van der Waals surface area contributed by atoms with Gasteiger partial charge in [-0.25, -0.2) is 0 Å². The Morgan fingerprint density at radius 1 is 0.900 bits per heavy atom. The third kappa shape index (κ3) is 2.82. The molecule has 1 nitrogen and oxygen atoms in total. The van der Waals surface area contributed by atoms with Crippen molar-refractivity contribution in [1.82, 2.24) is 0 Å². The first kappa shape index (κ1) is 14.5. The molecular weight excluding hydrogens is 244 g/mol. The first-order valence-electron chi connectivity index (χ1n) is 7.06. The Hall–Kier alpha value is -1.89. The number of hydrogen-bond acceptors (Lipinski definition) is 1. The summed E-state index contributed by atoms with van der Waals surface area (Å²) in [6.07, 6.45) is 0.488. The van der Waals surface area contributed by atoms with E-state index in [9.17, 15) is 4.79 Å². The smallest absolute Gasteiger partial charge is 0.167 e. The molecule has 0 aliphatic heterocycles. The molecule has 0 radical (unpaired) electrons. The molecule has 104 valence electrons. The van der Waals surface area contributed by atoms with Gasteiger partial charge in [0.05, 0.1) is 0 Å². The van der Waals surface area contributed by atoms with Crippen LogP contribution in [0, 0.1) is 34.6 Å². The maximum atomic E-state index is 12.6. The van der Waals surface area contributed by atoms with Gasteiger partial charge in [-0.05, 0) is 62.4 Å². The SMILES string of the molecule is Cc1cc(C)c(CC(=O)c2cccc(C)c2C)c(C)c1. The molecule has 0 fully saturated rings. The summed E-state index contributed by atoms with van der Waals surface area (Å²) in [6, 6.07) is 10.2. The van der Waals surface area contributed by atoms with Crippen LogP contribution in [0.25, 0.3) is 0 Å². The van der Waals surface area contributed by atoms with Gasteiger partial charge in [-0.2, -0.15) is 0 Å². The van der Waals surface area contributed by atoms with Crippen molar-refractivity contribution in [2.75, 3.05) is 0 Å². The Morgan fingerprint density at radius 3 is 2.10 bits per heavy atom. The van der Waals surface area contributed by atoms with Crippen molar-refractivity contribution in [3.63, 3.8) is 0 Å². The van der Waals surface area contributed by atoms with Crippen LogP contribution in [0.5, 0.6) is 0 Å². The van der Waals surface area contributed by atoms with Crippen molar-refractivity contribution in [2.45, 2.75) is 41.0 Å². The highest BCUT2D eigenvalue weighted by atomic mass is 16.1. The molecule has 0 saturated heterocycles. The van der Waals surface area contributed by atoms with Crippen LogP contribution in [0.3, 0.4) is 0 Å². The standard InChI is InChI=1S/C19H22O/c1-12-9-14(3)18(15(4)10-12)11-19(20)17-8-6-7-13(2)16(17)5/h6-10H,11H2,1-5H3. The molecule has 0 N–H and O–H groups in total. The summed E-state index contributed by atoms with van der Waals surface area (Å²) >= 11 is 0. The molecule has 20 heavy (non-hydrogen) atoms. The van der Waals surface area contributed by atoms with Crippen molar-refractivity contribution in [3.05, 3.63) is 69.3 Å². The average Bonchev–Trinajstić information content (AvgIpc) is 2.36. The third-order valence-electron chi connectivity index (χ3n) is 4.08. The van der Waals surface area contributed by atoms with E-state index in [2.05, 4.69) is 45.9 Å². The van der Waals surface area contributed by atoms with Crippen molar-refractivity contribution in [1.29, 1.82) is 0 Å². The molecule has 0 spiro atoms. The lowest BCUT2D eigenvalue weighted by atomic mass is 9.91. The van der Waals surface area contributed by atoms with E-state index < -0.39 is 0 Å². The Labute approximate surface area is 121 Å². The number of Topliss-reactive ketones (excluding diaryl/α,β-unsaturated/α-hetero) is 1. The van der Waals surface area contributed by atoms with E-state index in [0.717, 1.165) is 11.1 Å². The fourth-order valence-corrected chi connectivity index (χ4v) is 2.80. The Bertz CT molecular complexity index is 642. The Kier molecular flexibility index (Phi) is 4.08. The molecule has 2 rings (SSSR count). The molecule has 0 saturated carbocycles. The topological polar surface area (TPSA) is 17.1 Å². The highest BCUT2D eigenvalue weighted by Crippen LogP contribution is 2.20. The number of hydrogen-bond donors (Lipinski definition) is 0. The highest BCUT2D eigenvalue weighted by molar-refractivity contribution is 5.99. The normalized spacial score (nSPS) is 10.7. The number of benzene rings is 2. The average molecular weight is 266 g/mol. The van der Waals surface area contributed by atoms with Gasteiger partial charge in [-0.1, -0.05) is 35.9 Å². The molecule has 2 aromatic carbocycles. The van der Waals surface area contributed by atoms with Gasteiger partial charge in [-0.3, -0.25) is 4.79 Å². The molecule has 0 unspecified atom stereocenters. The summed E-state index contributed by atoms with van der Waals surface area (Å²) in [4.78, 5) is 12.6. The largest absolute Gasteiger partial charge is 0.294 e. The minimum Gasteiger partial charge on any atom is -0.294 e. The lowest BCUT2D eigenvalue weighted by Crippen LogP contribution is -2.09. The van der Waals surface area contributed by atoms with E-state index in [1.165, 1.54) is 27.8 Å². The zero-order chi connectivity index (χ0) is 14.9. The van der Waals surface area contributed by atoms with E-state index in [1.807, 2.05) is 19.1 Å². The first-order chi connectivity index (χ1) is 9.40. The summed E-state index contributed by atoms with van der Waals surface area (Å²) in [5.41, 5.74) is 7.96. The van der Waals surface area contributed by atoms with Crippen molar-refractivity contribution in [3.8, 4) is 0 Å². The van der Waals surface area contributed by atoms with E-state index in [-0.39, 0.29) is 5.78 Å². The fourth-order valence-electron chi connectivity index (χ4n) is 2.80. The lowest BCUT2D eigenvalue weighted by molar-refractivity contribution is 0.0992. The summed E-state index contributed by atoms with van der Waals surface area (Å²) in [5.74, 6) is 0.209. The summed E-state index contributed by atoms with van der Waals surface area (Å²) < 4.78 is 0. The quantitative estimate of drug-likeness (QED) is 0.739. The summed E-state index contributed by atoms with van der Waals surface area (Å²) in [6.45, 7) is 10.3. The van der Waals surface area contributed by atoms with Crippen LogP contribution in [-0.2, 0) is 6.42 Å². The van der Waals surface area contributed by atoms with Gasteiger partial charge in [0.25, 0.3) is 0 Å². The molecule has 0 aromatic heterocycles. The number of aryl methyl sites for hydroxylation is 4. The van der Waals surface area contributed by atoms with Crippen LogP contribution in [0.4, 0.5) is 0 Å². The van der Waals surface area contributed by atoms with Crippen molar-refractivity contribution >= 4 is 5.78 Å². The van der Waals surface area contributed by atoms with E-state index in [4.69, 9.17) is 0 Å². The third-order valence-corrected chi connectivity index (χ3v) is 4.08. The molecular formula is C19H22O. The van der Waals surface area contributed by atoms with Crippen LogP contribution in [0.2, 0.25) is 0 Å². The van der Waals surface area contributed by atoms with Crippen LogP contribution in [0.1, 0.15) is 43.7 Å². The van der Waals surface area contributed by atoms with Crippen LogP contribution < -0.4 is 0 Å². The Balaban J connectivity index is 2.36. The summed E-state index contributed by atoms with van der Waals surface area (Å²) in [7, 11) is 0. The molecule has 2 aromatic rings. The second-order valence-electron chi connectivity index (χ2n) is 5.72. The highest BCUT2D eigenvalue weighted by Gasteiger charge is 2.14. The second kappa shape index (κ2) is 5.62. The van der Waals surface area contributed by atoms with Gasteiger partial charge in [0, 0.05) is 12.0 Å². The first-order valence-corrected chi connectivity index (χ1v) is 7.06.